The molecule has 1 unspecified atom stereocenters. The van der Waals surface area contributed by atoms with Crippen molar-refractivity contribution < 1.29 is 0 Å². The molecule has 1 heterocycles. The predicted molar refractivity (Wildman–Crippen MR) is 41.1 cm³/mol. The second-order valence-corrected chi connectivity index (χ2v) is 2.72. The quantitative estimate of drug-likeness (QED) is 0.493. The van der Waals surface area contributed by atoms with Crippen LogP contribution in [0, 0.1) is 5.92 Å². The molecule has 0 saturated heterocycles. The predicted octanol–water partition coefficient (Wildman–Crippen LogP) is 2.22. The lowest BCUT2D eigenvalue weighted by Crippen LogP contribution is -1.89. The fourth-order valence-corrected chi connectivity index (χ4v) is 0.925. The lowest BCUT2D eigenvalue weighted by atomic mass is 10.1. The van der Waals surface area contributed by atoms with Crippen molar-refractivity contribution in [2.75, 3.05) is 6.54 Å². The number of hydrogen-bond acceptors (Lipinski definition) is 1. The van der Waals surface area contributed by atoms with Crippen LogP contribution in [0.4, 0.5) is 0 Å². The molecule has 0 radical (unpaired) electrons. The Kier molecular flexibility index (Phi) is 2.29. The standard InChI is InChI=1S/C7H10ClN/c1-6-2-3-7(8)9-5-4-6/h2-3,6H,4-5H2,1H3. The van der Waals surface area contributed by atoms with Crippen LogP contribution in [0.15, 0.2) is 17.1 Å². The van der Waals surface area contributed by atoms with Crippen molar-refractivity contribution in [1.29, 1.82) is 0 Å². The second-order valence-electron chi connectivity index (χ2n) is 2.33. The molecule has 0 saturated carbocycles. The van der Waals surface area contributed by atoms with E-state index in [4.69, 9.17) is 11.6 Å². The summed E-state index contributed by atoms with van der Waals surface area (Å²) in [6.07, 6.45) is 5.09. The normalized spacial score (nSPS) is 27.3. The Morgan fingerprint density at radius 1 is 1.78 bits per heavy atom. The van der Waals surface area contributed by atoms with Gasteiger partial charge in [-0.05, 0) is 18.4 Å². The van der Waals surface area contributed by atoms with E-state index in [1.807, 2.05) is 6.08 Å². The van der Waals surface area contributed by atoms with Crippen LogP contribution >= 0.6 is 11.6 Å². The highest BCUT2D eigenvalue weighted by Crippen LogP contribution is 2.08. The van der Waals surface area contributed by atoms with Crippen molar-refractivity contribution in [3.63, 3.8) is 0 Å². The highest BCUT2D eigenvalue weighted by atomic mass is 35.5. The number of aliphatic imine (C=N–C) groups is 1. The lowest BCUT2D eigenvalue weighted by Gasteiger charge is -1.97. The molecule has 0 bridgehead atoms. The van der Waals surface area contributed by atoms with E-state index in [1.54, 1.807) is 0 Å². The van der Waals surface area contributed by atoms with Crippen molar-refractivity contribution in [2.24, 2.45) is 10.9 Å². The Bertz CT molecular complexity index is 149. The molecule has 1 atom stereocenters. The van der Waals surface area contributed by atoms with Crippen LogP contribution in [0.3, 0.4) is 0 Å². The summed E-state index contributed by atoms with van der Waals surface area (Å²) >= 11 is 5.65. The van der Waals surface area contributed by atoms with Gasteiger partial charge >= 0.3 is 0 Å². The molecule has 2 heteroatoms. The van der Waals surface area contributed by atoms with Gasteiger partial charge in [-0.1, -0.05) is 24.6 Å². The molecule has 0 fully saturated rings. The van der Waals surface area contributed by atoms with E-state index in [-0.39, 0.29) is 0 Å². The maximum atomic E-state index is 5.65. The zero-order chi connectivity index (χ0) is 6.69. The Labute approximate surface area is 60.4 Å². The molecule has 0 aromatic heterocycles. The zero-order valence-corrected chi connectivity index (χ0v) is 6.23. The zero-order valence-electron chi connectivity index (χ0n) is 5.47. The summed E-state index contributed by atoms with van der Waals surface area (Å²) < 4.78 is 0. The second kappa shape index (κ2) is 3.02. The molecule has 0 aromatic carbocycles. The molecule has 1 nitrogen and oxygen atoms in total. The first kappa shape index (κ1) is 6.81. The minimum absolute atomic E-state index is 0.630. The summed E-state index contributed by atoms with van der Waals surface area (Å²) in [5, 5.41) is 0.638. The first-order chi connectivity index (χ1) is 4.29. The van der Waals surface area contributed by atoms with E-state index < -0.39 is 0 Å². The Morgan fingerprint density at radius 3 is 3.33 bits per heavy atom. The van der Waals surface area contributed by atoms with Gasteiger partial charge in [0, 0.05) is 6.54 Å². The smallest absolute Gasteiger partial charge is 0.123 e. The van der Waals surface area contributed by atoms with Crippen LogP contribution in [0.2, 0.25) is 0 Å². The van der Waals surface area contributed by atoms with Gasteiger partial charge < -0.3 is 0 Å². The van der Waals surface area contributed by atoms with E-state index in [1.165, 1.54) is 0 Å². The number of rotatable bonds is 0. The molecule has 1 aliphatic rings. The van der Waals surface area contributed by atoms with E-state index >= 15 is 0 Å². The van der Waals surface area contributed by atoms with Crippen LogP contribution in [-0.4, -0.2) is 11.7 Å². The van der Waals surface area contributed by atoms with Gasteiger partial charge in [-0.2, -0.15) is 0 Å². The van der Waals surface area contributed by atoms with Gasteiger partial charge in [-0.25, -0.2) is 0 Å². The fourth-order valence-electron chi connectivity index (χ4n) is 0.768. The Hall–Kier alpha value is -0.300. The highest BCUT2D eigenvalue weighted by molar-refractivity contribution is 6.68. The summed E-state index contributed by atoms with van der Waals surface area (Å²) in [5.41, 5.74) is 0. The molecule has 0 aliphatic carbocycles. The number of hydrogen-bond donors (Lipinski definition) is 0. The van der Waals surface area contributed by atoms with Gasteiger partial charge in [0.2, 0.25) is 0 Å². The topological polar surface area (TPSA) is 12.4 Å². The summed E-state index contributed by atoms with van der Waals surface area (Å²) in [6.45, 7) is 3.04. The average molecular weight is 144 g/mol. The van der Waals surface area contributed by atoms with Crippen LogP contribution < -0.4 is 0 Å². The van der Waals surface area contributed by atoms with Crippen molar-refractivity contribution in [3.8, 4) is 0 Å². The lowest BCUT2D eigenvalue weighted by molar-refractivity contribution is 0.665. The third-order valence-electron chi connectivity index (χ3n) is 1.41. The molecule has 9 heavy (non-hydrogen) atoms. The molecular formula is C7H10ClN. The summed E-state index contributed by atoms with van der Waals surface area (Å²) in [5.74, 6) is 0.630. The van der Waals surface area contributed by atoms with Gasteiger partial charge in [0.15, 0.2) is 0 Å². The molecule has 1 aliphatic heterocycles. The van der Waals surface area contributed by atoms with Crippen LogP contribution in [0.25, 0.3) is 0 Å². The van der Waals surface area contributed by atoms with Crippen molar-refractivity contribution >= 4 is 16.8 Å². The van der Waals surface area contributed by atoms with Gasteiger partial charge in [0.1, 0.15) is 5.17 Å². The van der Waals surface area contributed by atoms with Crippen LogP contribution in [-0.2, 0) is 0 Å². The largest absolute Gasteiger partial charge is 0.273 e. The fraction of sp³-hybridized carbons (Fsp3) is 0.571. The van der Waals surface area contributed by atoms with E-state index in [9.17, 15) is 0 Å². The third kappa shape index (κ3) is 2.19. The minimum atomic E-state index is 0.630. The molecule has 0 spiro atoms. The average Bonchev–Trinajstić information content (AvgIpc) is 1.97. The minimum Gasteiger partial charge on any atom is -0.273 e. The van der Waals surface area contributed by atoms with Gasteiger partial charge in [0.25, 0.3) is 0 Å². The van der Waals surface area contributed by atoms with Crippen molar-refractivity contribution in [2.45, 2.75) is 13.3 Å². The van der Waals surface area contributed by atoms with Gasteiger partial charge in [-0.15, -0.1) is 0 Å². The maximum Gasteiger partial charge on any atom is 0.123 e. The summed E-state index contributed by atoms with van der Waals surface area (Å²) in [7, 11) is 0. The summed E-state index contributed by atoms with van der Waals surface area (Å²) in [4.78, 5) is 4.07. The SMILES string of the molecule is CC1C=CC(Cl)=NCC1. The maximum absolute atomic E-state index is 5.65. The number of nitrogens with zero attached hydrogens (tertiary/aromatic N) is 1. The molecule has 0 amide bonds. The number of allylic oxidation sites excluding steroid dienone is 2. The van der Waals surface area contributed by atoms with Crippen LogP contribution in [0.1, 0.15) is 13.3 Å². The van der Waals surface area contributed by atoms with Gasteiger partial charge in [0.05, 0.1) is 0 Å². The molecule has 1 rings (SSSR count). The Balaban J connectivity index is 2.58. The van der Waals surface area contributed by atoms with E-state index in [0.717, 1.165) is 13.0 Å². The van der Waals surface area contributed by atoms with Crippen LogP contribution in [0.5, 0.6) is 0 Å². The highest BCUT2D eigenvalue weighted by Gasteiger charge is 2.00. The third-order valence-corrected chi connectivity index (χ3v) is 1.66. The molecule has 50 valence electrons. The Morgan fingerprint density at radius 2 is 2.56 bits per heavy atom. The first-order valence-corrected chi connectivity index (χ1v) is 3.55. The first-order valence-electron chi connectivity index (χ1n) is 3.17. The van der Waals surface area contributed by atoms with E-state index in [2.05, 4.69) is 18.0 Å². The monoisotopic (exact) mass is 143 g/mol. The van der Waals surface area contributed by atoms with Crippen molar-refractivity contribution in [1.82, 2.24) is 0 Å². The van der Waals surface area contributed by atoms with Gasteiger partial charge in [-0.3, -0.25) is 4.99 Å². The summed E-state index contributed by atoms with van der Waals surface area (Å²) in [6, 6.07) is 0. The number of halogens is 1. The molecular weight excluding hydrogens is 134 g/mol. The van der Waals surface area contributed by atoms with E-state index in [0.29, 0.717) is 11.1 Å². The molecule has 0 N–H and O–H groups in total. The molecule has 0 aromatic rings. The van der Waals surface area contributed by atoms with Crippen molar-refractivity contribution in [3.05, 3.63) is 12.2 Å².